The third kappa shape index (κ3) is 4.13. The van der Waals surface area contributed by atoms with Crippen LogP contribution in [0.4, 0.5) is 5.69 Å². The number of rotatable bonds is 8. The molecule has 1 aromatic carbocycles. The lowest BCUT2D eigenvalue weighted by atomic mass is 10.1. The predicted molar refractivity (Wildman–Crippen MR) is 100 cm³/mol. The molecule has 1 aromatic heterocycles. The van der Waals surface area contributed by atoms with Crippen LogP contribution in [0.3, 0.4) is 0 Å². The molecule has 1 N–H and O–H groups in total. The highest BCUT2D eigenvalue weighted by atomic mass is 16.6. The van der Waals surface area contributed by atoms with Crippen LogP contribution in [0.15, 0.2) is 18.2 Å². The summed E-state index contributed by atoms with van der Waals surface area (Å²) in [5, 5.41) is 11.0. The number of ether oxygens (including phenoxy) is 3. The van der Waals surface area contributed by atoms with E-state index in [0.717, 1.165) is 0 Å². The van der Waals surface area contributed by atoms with Crippen molar-refractivity contribution >= 4 is 17.4 Å². The van der Waals surface area contributed by atoms with Crippen molar-refractivity contribution in [1.82, 2.24) is 4.98 Å². The molecule has 0 radical (unpaired) electrons. The summed E-state index contributed by atoms with van der Waals surface area (Å²) in [5.74, 6) is -0.590. The van der Waals surface area contributed by atoms with Gasteiger partial charge in [-0.1, -0.05) is 0 Å². The van der Waals surface area contributed by atoms with Crippen molar-refractivity contribution in [2.24, 2.45) is 0 Å². The number of ketones is 1. The first-order chi connectivity index (χ1) is 13.2. The Balaban J connectivity index is 2.31. The van der Waals surface area contributed by atoms with Crippen LogP contribution in [-0.4, -0.2) is 41.5 Å². The molecule has 0 bridgehead atoms. The number of carbonyl (C=O) groups is 2. The Morgan fingerprint density at radius 3 is 2.50 bits per heavy atom. The maximum absolute atomic E-state index is 12.9. The van der Waals surface area contributed by atoms with E-state index in [1.807, 2.05) is 0 Å². The minimum absolute atomic E-state index is 0.0732. The van der Waals surface area contributed by atoms with Gasteiger partial charge < -0.3 is 19.2 Å². The SMILES string of the molecule is CCOC(=O)c1c(C)[nH]c(C(=O)[C@@H](C)Oc2cc([N+](=O)[O-])ccc2OC)c1C. The minimum Gasteiger partial charge on any atom is -0.493 e. The van der Waals surface area contributed by atoms with Gasteiger partial charge in [-0.15, -0.1) is 0 Å². The van der Waals surface area contributed by atoms with Crippen molar-refractivity contribution in [2.45, 2.75) is 33.8 Å². The number of benzene rings is 1. The molecule has 2 rings (SSSR count). The zero-order chi connectivity index (χ0) is 21.0. The third-order valence-corrected chi connectivity index (χ3v) is 4.19. The number of hydrogen-bond acceptors (Lipinski definition) is 7. The van der Waals surface area contributed by atoms with Gasteiger partial charge in [0.1, 0.15) is 0 Å². The Hall–Kier alpha value is -3.36. The van der Waals surface area contributed by atoms with Gasteiger partial charge in [0.2, 0.25) is 5.78 Å². The number of H-pyrrole nitrogens is 1. The molecule has 0 fully saturated rings. The van der Waals surface area contributed by atoms with E-state index < -0.39 is 22.8 Å². The van der Waals surface area contributed by atoms with Gasteiger partial charge in [-0.3, -0.25) is 14.9 Å². The minimum atomic E-state index is -0.984. The molecule has 1 heterocycles. The highest BCUT2D eigenvalue weighted by Crippen LogP contribution is 2.32. The van der Waals surface area contributed by atoms with Crippen LogP contribution in [0.1, 0.15) is 46.0 Å². The lowest BCUT2D eigenvalue weighted by molar-refractivity contribution is -0.385. The fourth-order valence-electron chi connectivity index (χ4n) is 2.82. The van der Waals surface area contributed by atoms with Crippen LogP contribution < -0.4 is 9.47 Å². The number of esters is 1. The van der Waals surface area contributed by atoms with Crippen molar-refractivity contribution in [3.8, 4) is 11.5 Å². The van der Waals surface area contributed by atoms with Crippen LogP contribution in [0.5, 0.6) is 11.5 Å². The van der Waals surface area contributed by atoms with Crippen LogP contribution in [0, 0.1) is 24.0 Å². The fourth-order valence-corrected chi connectivity index (χ4v) is 2.82. The van der Waals surface area contributed by atoms with Crippen molar-refractivity contribution in [2.75, 3.05) is 13.7 Å². The summed E-state index contributed by atoms with van der Waals surface area (Å²) < 4.78 is 15.8. The van der Waals surface area contributed by atoms with Crippen LogP contribution in [0.2, 0.25) is 0 Å². The van der Waals surface area contributed by atoms with E-state index in [0.29, 0.717) is 16.8 Å². The fraction of sp³-hybridized carbons (Fsp3) is 0.368. The van der Waals surface area contributed by atoms with E-state index in [1.54, 1.807) is 20.8 Å². The number of aromatic amines is 1. The first kappa shape index (κ1) is 20.9. The summed E-state index contributed by atoms with van der Waals surface area (Å²) in [4.78, 5) is 38.3. The van der Waals surface area contributed by atoms with Gasteiger partial charge in [0, 0.05) is 11.8 Å². The smallest absolute Gasteiger partial charge is 0.340 e. The topological polar surface area (TPSA) is 121 Å². The van der Waals surface area contributed by atoms with E-state index >= 15 is 0 Å². The molecule has 150 valence electrons. The zero-order valence-corrected chi connectivity index (χ0v) is 16.3. The van der Waals surface area contributed by atoms with Gasteiger partial charge in [-0.25, -0.2) is 4.79 Å². The van der Waals surface area contributed by atoms with E-state index in [-0.39, 0.29) is 29.5 Å². The molecule has 0 spiro atoms. The first-order valence-electron chi connectivity index (χ1n) is 8.60. The molecule has 1 atom stereocenters. The summed E-state index contributed by atoms with van der Waals surface area (Å²) in [5.41, 5.74) is 1.32. The highest BCUT2D eigenvalue weighted by molar-refractivity contribution is 6.03. The summed E-state index contributed by atoms with van der Waals surface area (Å²) in [6.45, 7) is 6.75. The summed E-state index contributed by atoms with van der Waals surface area (Å²) in [6, 6.07) is 3.87. The van der Waals surface area contributed by atoms with E-state index in [4.69, 9.17) is 14.2 Å². The largest absolute Gasteiger partial charge is 0.493 e. The second kappa shape index (κ2) is 8.55. The normalized spacial score (nSPS) is 11.6. The zero-order valence-electron chi connectivity index (χ0n) is 16.3. The third-order valence-electron chi connectivity index (χ3n) is 4.19. The first-order valence-corrected chi connectivity index (χ1v) is 8.60. The number of nitro benzene ring substituents is 1. The summed E-state index contributed by atoms with van der Waals surface area (Å²) >= 11 is 0. The molecule has 9 heteroatoms. The van der Waals surface area contributed by atoms with Gasteiger partial charge in [0.05, 0.1) is 36.0 Å². The standard InChI is InChI=1S/C19H22N2O7/c1-6-27-19(23)16-10(2)17(20-11(16)3)18(22)12(4)28-15-9-13(21(24)25)7-8-14(15)26-5/h7-9,12,20H,6H2,1-5H3/t12-/m1/s1. The molecule has 0 aliphatic heterocycles. The number of non-ortho nitro benzene ring substituents is 1. The quantitative estimate of drug-likeness (QED) is 0.317. The number of carbonyl (C=O) groups excluding carboxylic acids is 2. The number of aryl methyl sites for hydroxylation is 1. The Morgan fingerprint density at radius 1 is 1.25 bits per heavy atom. The second-order valence-electron chi connectivity index (χ2n) is 6.06. The number of nitrogens with one attached hydrogen (secondary N) is 1. The average molecular weight is 390 g/mol. The molecule has 2 aromatic rings. The van der Waals surface area contributed by atoms with Gasteiger partial charge in [-0.2, -0.15) is 0 Å². The van der Waals surface area contributed by atoms with Crippen molar-refractivity contribution < 1.29 is 28.7 Å². The number of nitrogens with zero attached hydrogens (tertiary/aromatic N) is 1. The number of methoxy groups -OCH3 is 1. The number of aromatic nitrogens is 1. The number of nitro groups is 1. The molecular weight excluding hydrogens is 368 g/mol. The van der Waals surface area contributed by atoms with E-state index in [9.17, 15) is 19.7 Å². The Kier molecular flexibility index (Phi) is 6.40. The maximum atomic E-state index is 12.9. The van der Waals surface area contributed by atoms with Crippen molar-refractivity contribution in [3.63, 3.8) is 0 Å². The van der Waals surface area contributed by atoms with Crippen molar-refractivity contribution in [1.29, 1.82) is 0 Å². The monoisotopic (exact) mass is 390 g/mol. The van der Waals surface area contributed by atoms with Crippen LogP contribution in [-0.2, 0) is 4.74 Å². The lowest BCUT2D eigenvalue weighted by Gasteiger charge is -2.16. The average Bonchev–Trinajstić information content (AvgIpc) is 2.95. The molecular formula is C19H22N2O7. The van der Waals surface area contributed by atoms with Gasteiger partial charge >= 0.3 is 5.97 Å². The van der Waals surface area contributed by atoms with Crippen molar-refractivity contribution in [3.05, 3.63) is 50.8 Å². The highest BCUT2D eigenvalue weighted by Gasteiger charge is 2.27. The Bertz CT molecular complexity index is 917. The maximum Gasteiger partial charge on any atom is 0.340 e. The van der Waals surface area contributed by atoms with E-state index in [1.165, 1.54) is 32.2 Å². The molecule has 0 saturated heterocycles. The van der Waals surface area contributed by atoms with Crippen LogP contribution in [0.25, 0.3) is 0 Å². The second-order valence-corrected chi connectivity index (χ2v) is 6.06. The lowest BCUT2D eigenvalue weighted by Crippen LogP contribution is -2.25. The Labute approximate surface area is 161 Å². The molecule has 0 unspecified atom stereocenters. The predicted octanol–water partition coefficient (Wildman–Crippen LogP) is 3.38. The molecule has 0 amide bonds. The molecule has 28 heavy (non-hydrogen) atoms. The van der Waals surface area contributed by atoms with Gasteiger partial charge in [-0.05, 0) is 39.3 Å². The Morgan fingerprint density at radius 2 is 1.93 bits per heavy atom. The molecule has 9 nitrogen and oxygen atoms in total. The van der Waals surface area contributed by atoms with Gasteiger partial charge in [0.15, 0.2) is 17.6 Å². The van der Waals surface area contributed by atoms with Crippen LogP contribution >= 0.6 is 0 Å². The number of Topliss-reactive ketones (excluding diaryl/α,β-unsaturated/α-hetero) is 1. The summed E-state index contributed by atoms with van der Waals surface area (Å²) in [6.07, 6.45) is -0.984. The molecule has 0 aliphatic carbocycles. The van der Waals surface area contributed by atoms with E-state index in [2.05, 4.69) is 4.98 Å². The number of hydrogen-bond donors (Lipinski definition) is 1. The van der Waals surface area contributed by atoms with Gasteiger partial charge in [0.25, 0.3) is 5.69 Å². The molecule has 0 saturated carbocycles. The molecule has 0 aliphatic rings. The summed E-state index contributed by atoms with van der Waals surface area (Å²) in [7, 11) is 1.39.